The normalized spacial score (nSPS) is 11.4. The minimum absolute atomic E-state index is 0.271. The topological polar surface area (TPSA) is 29.3 Å². The molecule has 0 atom stereocenters. The SMILES string of the molecule is CCCN(Cc1ccc(F)cc1N)C(C)C. The van der Waals surface area contributed by atoms with Crippen LogP contribution in [0.2, 0.25) is 0 Å². The van der Waals surface area contributed by atoms with Gasteiger partial charge in [-0.15, -0.1) is 0 Å². The van der Waals surface area contributed by atoms with Gasteiger partial charge in [0.2, 0.25) is 0 Å². The number of nitrogens with two attached hydrogens (primary N) is 1. The Morgan fingerprint density at radius 1 is 1.38 bits per heavy atom. The fourth-order valence-corrected chi connectivity index (χ4v) is 1.74. The Morgan fingerprint density at radius 2 is 2.06 bits per heavy atom. The van der Waals surface area contributed by atoms with E-state index in [1.807, 2.05) is 0 Å². The van der Waals surface area contributed by atoms with Gasteiger partial charge >= 0.3 is 0 Å². The van der Waals surface area contributed by atoms with Crippen molar-refractivity contribution in [3.63, 3.8) is 0 Å². The minimum Gasteiger partial charge on any atom is -0.398 e. The van der Waals surface area contributed by atoms with E-state index < -0.39 is 0 Å². The van der Waals surface area contributed by atoms with Gasteiger partial charge in [0.1, 0.15) is 5.82 Å². The van der Waals surface area contributed by atoms with E-state index in [0.717, 1.165) is 25.1 Å². The highest BCUT2D eigenvalue weighted by atomic mass is 19.1. The predicted octanol–water partition coefficient (Wildman–Crippen LogP) is 3.03. The number of nitrogen functional groups attached to an aromatic ring is 1. The zero-order valence-electron chi connectivity index (χ0n) is 10.3. The Balaban J connectivity index is 2.77. The molecule has 90 valence electrons. The number of halogens is 1. The van der Waals surface area contributed by atoms with Crippen molar-refractivity contribution in [2.75, 3.05) is 12.3 Å². The molecule has 0 aliphatic heterocycles. The maximum absolute atomic E-state index is 12.9. The molecule has 2 nitrogen and oxygen atoms in total. The summed E-state index contributed by atoms with van der Waals surface area (Å²) in [6.45, 7) is 8.31. The molecule has 0 amide bonds. The highest BCUT2D eigenvalue weighted by Crippen LogP contribution is 2.17. The van der Waals surface area contributed by atoms with E-state index in [-0.39, 0.29) is 5.82 Å². The predicted molar refractivity (Wildman–Crippen MR) is 66.6 cm³/mol. The Kier molecular flexibility index (Phi) is 4.74. The fraction of sp³-hybridized carbons (Fsp3) is 0.538. The van der Waals surface area contributed by atoms with E-state index in [9.17, 15) is 4.39 Å². The van der Waals surface area contributed by atoms with E-state index in [1.54, 1.807) is 6.07 Å². The Morgan fingerprint density at radius 3 is 2.56 bits per heavy atom. The first-order chi connectivity index (χ1) is 7.54. The maximum Gasteiger partial charge on any atom is 0.125 e. The van der Waals surface area contributed by atoms with Crippen LogP contribution < -0.4 is 5.73 Å². The van der Waals surface area contributed by atoms with Gasteiger partial charge in [-0.25, -0.2) is 4.39 Å². The van der Waals surface area contributed by atoms with Gasteiger partial charge in [-0.1, -0.05) is 13.0 Å². The van der Waals surface area contributed by atoms with Crippen molar-refractivity contribution in [3.05, 3.63) is 29.6 Å². The summed E-state index contributed by atoms with van der Waals surface area (Å²) >= 11 is 0. The Labute approximate surface area is 97.3 Å². The number of anilines is 1. The molecule has 0 spiro atoms. The van der Waals surface area contributed by atoms with E-state index in [4.69, 9.17) is 5.73 Å². The van der Waals surface area contributed by atoms with Crippen molar-refractivity contribution < 1.29 is 4.39 Å². The summed E-state index contributed by atoms with van der Waals surface area (Å²) in [6, 6.07) is 5.11. The molecule has 0 saturated carbocycles. The van der Waals surface area contributed by atoms with Crippen LogP contribution in [0.25, 0.3) is 0 Å². The molecule has 0 aliphatic carbocycles. The van der Waals surface area contributed by atoms with Crippen molar-refractivity contribution in [1.82, 2.24) is 4.90 Å². The standard InChI is InChI=1S/C13H21FN2/c1-4-7-16(10(2)3)9-11-5-6-12(14)8-13(11)15/h5-6,8,10H,4,7,9,15H2,1-3H3. The molecular formula is C13H21FN2. The fourth-order valence-electron chi connectivity index (χ4n) is 1.74. The lowest BCUT2D eigenvalue weighted by Crippen LogP contribution is -2.31. The second kappa shape index (κ2) is 5.85. The van der Waals surface area contributed by atoms with Crippen LogP contribution in [0.1, 0.15) is 32.8 Å². The molecule has 0 fully saturated rings. The molecule has 0 bridgehead atoms. The molecule has 0 aromatic heterocycles. The van der Waals surface area contributed by atoms with Gasteiger partial charge in [0.05, 0.1) is 0 Å². The summed E-state index contributed by atoms with van der Waals surface area (Å²) in [7, 11) is 0. The molecule has 0 heterocycles. The summed E-state index contributed by atoms with van der Waals surface area (Å²) in [6.07, 6.45) is 1.11. The largest absolute Gasteiger partial charge is 0.398 e. The monoisotopic (exact) mass is 224 g/mol. The Hall–Kier alpha value is -1.09. The van der Waals surface area contributed by atoms with Crippen LogP contribution in [0.5, 0.6) is 0 Å². The maximum atomic E-state index is 12.9. The minimum atomic E-state index is -0.271. The number of hydrogen-bond acceptors (Lipinski definition) is 2. The number of benzene rings is 1. The van der Waals surface area contributed by atoms with Crippen molar-refractivity contribution in [2.24, 2.45) is 0 Å². The summed E-state index contributed by atoms with van der Waals surface area (Å²) in [5, 5.41) is 0. The summed E-state index contributed by atoms with van der Waals surface area (Å²) in [5.41, 5.74) is 7.35. The lowest BCUT2D eigenvalue weighted by Gasteiger charge is -2.26. The van der Waals surface area contributed by atoms with E-state index in [1.165, 1.54) is 12.1 Å². The average molecular weight is 224 g/mol. The molecule has 0 unspecified atom stereocenters. The summed E-state index contributed by atoms with van der Waals surface area (Å²) in [5.74, 6) is -0.271. The van der Waals surface area contributed by atoms with Crippen molar-refractivity contribution in [2.45, 2.75) is 39.8 Å². The summed E-state index contributed by atoms with van der Waals surface area (Å²) in [4.78, 5) is 2.34. The molecule has 1 aromatic rings. The highest BCUT2D eigenvalue weighted by Gasteiger charge is 2.10. The summed E-state index contributed by atoms with van der Waals surface area (Å²) < 4.78 is 12.9. The highest BCUT2D eigenvalue weighted by molar-refractivity contribution is 5.46. The third-order valence-corrected chi connectivity index (χ3v) is 2.72. The van der Waals surface area contributed by atoms with Gasteiger partial charge in [-0.05, 0) is 44.5 Å². The third kappa shape index (κ3) is 3.49. The number of hydrogen-bond donors (Lipinski definition) is 1. The first kappa shape index (κ1) is 13.0. The molecule has 2 N–H and O–H groups in total. The zero-order chi connectivity index (χ0) is 12.1. The van der Waals surface area contributed by atoms with Gasteiger partial charge < -0.3 is 5.73 Å². The quantitative estimate of drug-likeness (QED) is 0.779. The van der Waals surface area contributed by atoms with E-state index in [2.05, 4.69) is 25.7 Å². The van der Waals surface area contributed by atoms with Gasteiger partial charge in [-0.2, -0.15) is 0 Å². The first-order valence-corrected chi connectivity index (χ1v) is 5.82. The van der Waals surface area contributed by atoms with Gasteiger partial charge in [-0.3, -0.25) is 4.90 Å². The van der Waals surface area contributed by atoms with E-state index >= 15 is 0 Å². The van der Waals surface area contributed by atoms with Crippen LogP contribution >= 0.6 is 0 Å². The first-order valence-electron chi connectivity index (χ1n) is 5.82. The van der Waals surface area contributed by atoms with Gasteiger partial charge in [0.25, 0.3) is 0 Å². The van der Waals surface area contributed by atoms with Crippen LogP contribution in [0.15, 0.2) is 18.2 Å². The molecule has 1 aromatic carbocycles. The average Bonchev–Trinajstić information content (AvgIpc) is 2.20. The number of rotatable bonds is 5. The van der Waals surface area contributed by atoms with Crippen LogP contribution in [0.3, 0.4) is 0 Å². The molecular weight excluding hydrogens is 203 g/mol. The smallest absolute Gasteiger partial charge is 0.125 e. The number of nitrogens with zero attached hydrogens (tertiary/aromatic N) is 1. The van der Waals surface area contributed by atoms with Crippen molar-refractivity contribution >= 4 is 5.69 Å². The molecule has 0 saturated heterocycles. The molecule has 16 heavy (non-hydrogen) atoms. The molecule has 3 heteroatoms. The van der Waals surface area contributed by atoms with Crippen LogP contribution in [0.4, 0.5) is 10.1 Å². The third-order valence-electron chi connectivity index (χ3n) is 2.72. The lowest BCUT2D eigenvalue weighted by atomic mass is 10.1. The van der Waals surface area contributed by atoms with Crippen molar-refractivity contribution in [1.29, 1.82) is 0 Å². The van der Waals surface area contributed by atoms with Crippen molar-refractivity contribution in [3.8, 4) is 0 Å². The van der Waals surface area contributed by atoms with Crippen LogP contribution in [-0.2, 0) is 6.54 Å². The molecule has 1 rings (SSSR count). The van der Waals surface area contributed by atoms with E-state index in [0.29, 0.717) is 11.7 Å². The molecule has 0 radical (unpaired) electrons. The zero-order valence-corrected chi connectivity index (χ0v) is 10.3. The van der Waals surface area contributed by atoms with Crippen LogP contribution in [-0.4, -0.2) is 17.5 Å². The Bertz CT molecular complexity index is 337. The van der Waals surface area contributed by atoms with Crippen LogP contribution in [0, 0.1) is 5.82 Å². The second-order valence-corrected chi connectivity index (χ2v) is 4.41. The second-order valence-electron chi connectivity index (χ2n) is 4.41. The van der Waals surface area contributed by atoms with Gasteiger partial charge in [0, 0.05) is 18.3 Å². The lowest BCUT2D eigenvalue weighted by molar-refractivity contribution is 0.213. The van der Waals surface area contributed by atoms with Gasteiger partial charge in [0.15, 0.2) is 0 Å². The molecule has 0 aliphatic rings.